The van der Waals surface area contributed by atoms with Crippen LogP contribution in [-0.4, -0.2) is 31.7 Å². The molecular weight excluding hydrogens is 372 g/mol. The fraction of sp³-hybridized carbons (Fsp3) is 0.300. The van der Waals surface area contributed by atoms with E-state index in [1.165, 1.54) is 18.2 Å². The number of hydrogen-bond acceptors (Lipinski definition) is 5. The average molecular weight is 393 g/mol. The summed E-state index contributed by atoms with van der Waals surface area (Å²) in [4.78, 5) is 24.1. The third-order valence-corrected chi connectivity index (χ3v) is 3.82. The number of amides is 1. The van der Waals surface area contributed by atoms with Crippen LogP contribution < -0.4 is 14.8 Å². The van der Waals surface area contributed by atoms with E-state index in [2.05, 4.69) is 10.1 Å². The van der Waals surface area contributed by atoms with Crippen LogP contribution in [0.2, 0.25) is 0 Å². The van der Waals surface area contributed by atoms with Gasteiger partial charge in [0, 0.05) is 5.69 Å². The number of carbonyl (C=O) groups is 2. The fourth-order valence-corrected chi connectivity index (χ4v) is 2.33. The highest BCUT2D eigenvalue weighted by atomic mass is 19.3. The number of alkyl halides is 2. The Labute approximate surface area is 161 Å². The van der Waals surface area contributed by atoms with E-state index in [4.69, 9.17) is 9.47 Å². The number of esters is 1. The Morgan fingerprint density at radius 1 is 1.04 bits per heavy atom. The van der Waals surface area contributed by atoms with Crippen LogP contribution in [0.25, 0.3) is 0 Å². The quantitative estimate of drug-likeness (QED) is 0.684. The van der Waals surface area contributed by atoms with Crippen molar-refractivity contribution >= 4 is 17.6 Å². The van der Waals surface area contributed by atoms with Crippen LogP contribution in [0.5, 0.6) is 11.5 Å². The zero-order valence-corrected chi connectivity index (χ0v) is 15.8. The van der Waals surface area contributed by atoms with Crippen LogP contribution in [0.4, 0.5) is 14.5 Å². The molecule has 1 amide bonds. The number of rotatable bonds is 8. The lowest BCUT2D eigenvalue weighted by atomic mass is 10.1. The first-order chi connectivity index (χ1) is 13.3. The smallest absolute Gasteiger partial charge is 0.387 e. The summed E-state index contributed by atoms with van der Waals surface area (Å²) in [7, 11) is 0. The Balaban J connectivity index is 1.98. The van der Waals surface area contributed by atoms with Gasteiger partial charge >= 0.3 is 12.6 Å². The normalized spacial score (nSPS) is 10.5. The summed E-state index contributed by atoms with van der Waals surface area (Å²) in [5.41, 5.74) is 2.75. The van der Waals surface area contributed by atoms with Crippen molar-refractivity contribution < 1.29 is 32.6 Å². The van der Waals surface area contributed by atoms with Crippen molar-refractivity contribution in [1.29, 1.82) is 0 Å². The summed E-state index contributed by atoms with van der Waals surface area (Å²) in [5.74, 6) is -1.50. The van der Waals surface area contributed by atoms with Crippen LogP contribution >= 0.6 is 0 Å². The van der Waals surface area contributed by atoms with Crippen molar-refractivity contribution in [2.75, 3.05) is 18.5 Å². The number of hydrogen-bond donors (Lipinski definition) is 1. The fourth-order valence-electron chi connectivity index (χ4n) is 2.33. The molecule has 2 aromatic carbocycles. The highest BCUT2D eigenvalue weighted by Crippen LogP contribution is 2.30. The monoisotopic (exact) mass is 393 g/mol. The molecule has 0 saturated heterocycles. The summed E-state index contributed by atoms with van der Waals surface area (Å²) in [6.45, 7) is 2.21. The molecule has 150 valence electrons. The van der Waals surface area contributed by atoms with Gasteiger partial charge in [-0.1, -0.05) is 6.07 Å². The maximum absolute atomic E-state index is 12.4. The summed E-state index contributed by atoms with van der Waals surface area (Å²) in [6.07, 6.45) is 0. The van der Waals surface area contributed by atoms with Crippen LogP contribution in [0.15, 0.2) is 36.4 Å². The predicted octanol–water partition coefficient (Wildman–Crippen LogP) is 4.10. The van der Waals surface area contributed by atoms with Gasteiger partial charge in [0.05, 0.1) is 12.2 Å². The lowest BCUT2D eigenvalue weighted by Gasteiger charge is -2.12. The highest BCUT2D eigenvalue weighted by molar-refractivity contribution is 5.95. The molecule has 0 radical (unpaired) electrons. The number of benzene rings is 2. The second-order valence-corrected chi connectivity index (χ2v) is 5.90. The second-order valence-electron chi connectivity index (χ2n) is 5.90. The molecular formula is C20H21F2NO5. The first-order valence-corrected chi connectivity index (χ1v) is 8.56. The van der Waals surface area contributed by atoms with Gasteiger partial charge in [-0.3, -0.25) is 4.79 Å². The molecule has 0 spiro atoms. The van der Waals surface area contributed by atoms with E-state index in [-0.39, 0.29) is 23.7 Å². The molecule has 2 aromatic rings. The summed E-state index contributed by atoms with van der Waals surface area (Å²) >= 11 is 0. The average Bonchev–Trinajstić information content (AvgIpc) is 2.64. The van der Waals surface area contributed by atoms with Gasteiger partial charge in [0.1, 0.15) is 0 Å². The second kappa shape index (κ2) is 9.68. The molecule has 0 heterocycles. The molecule has 0 atom stereocenters. The molecule has 0 unspecified atom stereocenters. The lowest BCUT2D eigenvalue weighted by Crippen LogP contribution is -2.21. The first kappa shape index (κ1) is 21.1. The van der Waals surface area contributed by atoms with Gasteiger partial charge in [-0.25, -0.2) is 4.79 Å². The van der Waals surface area contributed by atoms with E-state index in [9.17, 15) is 18.4 Å². The van der Waals surface area contributed by atoms with Crippen LogP contribution in [-0.2, 0) is 9.53 Å². The molecule has 0 aromatic heterocycles. The van der Waals surface area contributed by atoms with Crippen molar-refractivity contribution in [2.45, 2.75) is 27.4 Å². The minimum atomic E-state index is -3.02. The van der Waals surface area contributed by atoms with Gasteiger partial charge in [-0.2, -0.15) is 8.78 Å². The standard InChI is InChI=1S/C20H21F2NO5/c1-4-26-17-10-14(6-8-16(17)28-20(21)22)19(25)27-11-18(24)23-15-7-5-12(2)13(3)9-15/h5-10,20H,4,11H2,1-3H3,(H,23,24). The first-order valence-electron chi connectivity index (χ1n) is 8.56. The number of carbonyl (C=O) groups excluding carboxylic acids is 2. The largest absolute Gasteiger partial charge is 0.490 e. The summed E-state index contributed by atoms with van der Waals surface area (Å²) in [5, 5.41) is 2.63. The van der Waals surface area contributed by atoms with Crippen LogP contribution in [0, 0.1) is 13.8 Å². The Bertz CT molecular complexity index is 854. The number of aryl methyl sites for hydroxylation is 2. The van der Waals surface area contributed by atoms with Gasteiger partial charge in [0.25, 0.3) is 5.91 Å². The molecule has 6 nitrogen and oxygen atoms in total. The summed E-state index contributed by atoms with van der Waals surface area (Å²) in [6, 6.07) is 9.09. The number of nitrogens with one attached hydrogen (secondary N) is 1. The number of anilines is 1. The van der Waals surface area contributed by atoms with Crippen molar-refractivity contribution in [2.24, 2.45) is 0 Å². The van der Waals surface area contributed by atoms with E-state index in [1.54, 1.807) is 13.0 Å². The van der Waals surface area contributed by atoms with E-state index >= 15 is 0 Å². The van der Waals surface area contributed by atoms with Gasteiger partial charge < -0.3 is 19.5 Å². The van der Waals surface area contributed by atoms with Crippen LogP contribution in [0.3, 0.4) is 0 Å². The lowest BCUT2D eigenvalue weighted by molar-refractivity contribution is -0.119. The molecule has 28 heavy (non-hydrogen) atoms. The van der Waals surface area contributed by atoms with Crippen LogP contribution in [0.1, 0.15) is 28.4 Å². The zero-order chi connectivity index (χ0) is 20.7. The van der Waals surface area contributed by atoms with E-state index in [0.29, 0.717) is 5.69 Å². The summed E-state index contributed by atoms with van der Waals surface area (Å²) < 4.78 is 39.4. The number of ether oxygens (including phenoxy) is 3. The SMILES string of the molecule is CCOc1cc(C(=O)OCC(=O)Nc2ccc(C)c(C)c2)ccc1OC(F)F. The molecule has 0 fully saturated rings. The van der Waals surface area contributed by atoms with Gasteiger partial charge in [-0.15, -0.1) is 0 Å². The third kappa shape index (κ3) is 5.94. The van der Waals surface area contributed by atoms with E-state index in [0.717, 1.165) is 11.1 Å². The highest BCUT2D eigenvalue weighted by Gasteiger charge is 2.16. The van der Waals surface area contributed by atoms with Gasteiger partial charge in [0.15, 0.2) is 18.1 Å². The molecule has 0 bridgehead atoms. The predicted molar refractivity (Wildman–Crippen MR) is 99.1 cm³/mol. The maximum Gasteiger partial charge on any atom is 0.387 e. The Kier molecular flexibility index (Phi) is 7.31. The van der Waals surface area contributed by atoms with E-state index in [1.807, 2.05) is 26.0 Å². The van der Waals surface area contributed by atoms with Crippen molar-refractivity contribution in [3.63, 3.8) is 0 Å². The molecule has 0 aliphatic rings. The molecule has 2 rings (SSSR count). The van der Waals surface area contributed by atoms with Crippen molar-refractivity contribution in [1.82, 2.24) is 0 Å². The third-order valence-electron chi connectivity index (χ3n) is 3.82. The van der Waals surface area contributed by atoms with E-state index < -0.39 is 25.1 Å². The molecule has 8 heteroatoms. The van der Waals surface area contributed by atoms with Crippen molar-refractivity contribution in [3.05, 3.63) is 53.1 Å². The minimum absolute atomic E-state index is 0.0168. The minimum Gasteiger partial charge on any atom is -0.490 e. The Morgan fingerprint density at radius 3 is 2.43 bits per heavy atom. The van der Waals surface area contributed by atoms with Gasteiger partial charge in [-0.05, 0) is 62.2 Å². The topological polar surface area (TPSA) is 73.9 Å². The molecule has 1 N–H and O–H groups in total. The van der Waals surface area contributed by atoms with Gasteiger partial charge in [0.2, 0.25) is 0 Å². The van der Waals surface area contributed by atoms with Crippen molar-refractivity contribution in [3.8, 4) is 11.5 Å². The number of halogens is 2. The Hall–Kier alpha value is -3.16. The molecule has 0 saturated carbocycles. The molecule has 0 aliphatic carbocycles. The molecule has 0 aliphatic heterocycles. The Morgan fingerprint density at radius 2 is 1.79 bits per heavy atom. The zero-order valence-electron chi connectivity index (χ0n) is 15.8. The maximum atomic E-state index is 12.4.